The summed E-state index contributed by atoms with van der Waals surface area (Å²) >= 11 is 0. The Morgan fingerprint density at radius 1 is 0.905 bits per heavy atom. The minimum absolute atomic E-state index is 0.284. The number of carbonyl (C=O) groups excluding carboxylic acids is 1. The molecule has 0 saturated carbocycles. The maximum atomic E-state index is 12.8. The molecule has 4 atom stereocenters. The first-order valence-corrected chi connectivity index (χ1v) is 13.8. The molecular formula is C32H29N5O5. The van der Waals surface area contributed by atoms with Gasteiger partial charge in [0.2, 0.25) is 0 Å². The summed E-state index contributed by atoms with van der Waals surface area (Å²) in [4.78, 5) is 26.1. The summed E-state index contributed by atoms with van der Waals surface area (Å²) in [5.41, 5.74) is 2.78. The standard InChI is InChI=1S/C32H29N5O5/c38-30(24-14-8-3-9-15-24)36-28-25-29(34-20-33-28)37(21-35-25)31-26-27(40-17-23-12-6-2-7-13-23)32(42-31,19-41-26)18-39-16-22-10-4-1-5-11-22/h1-15,20-21,26-27,31H,16-19H2,(H,33,34,36,38). The van der Waals surface area contributed by atoms with Crippen LogP contribution in [0.4, 0.5) is 5.82 Å². The molecule has 2 saturated heterocycles. The second-order valence-corrected chi connectivity index (χ2v) is 10.4. The number of hydrogen-bond acceptors (Lipinski definition) is 8. The molecule has 1 amide bonds. The summed E-state index contributed by atoms with van der Waals surface area (Å²) in [6, 6.07) is 29.0. The highest BCUT2D eigenvalue weighted by Gasteiger charge is 2.63. The number of fused-ring (bicyclic) bond motifs is 3. The highest BCUT2D eigenvalue weighted by Crippen LogP contribution is 2.48. The lowest BCUT2D eigenvalue weighted by molar-refractivity contribution is -0.195. The van der Waals surface area contributed by atoms with Gasteiger partial charge < -0.3 is 24.3 Å². The van der Waals surface area contributed by atoms with Crippen molar-refractivity contribution >= 4 is 22.9 Å². The van der Waals surface area contributed by atoms with Gasteiger partial charge in [0.15, 0.2) is 23.2 Å². The van der Waals surface area contributed by atoms with Crippen molar-refractivity contribution in [3.63, 3.8) is 0 Å². The number of hydrogen-bond donors (Lipinski definition) is 1. The van der Waals surface area contributed by atoms with Gasteiger partial charge in [0.25, 0.3) is 5.91 Å². The molecule has 4 unspecified atom stereocenters. The molecule has 0 radical (unpaired) electrons. The van der Waals surface area contributed by atoms with Gasteiger partial charge >= 0.3 is 0 Å². The summed E-state index contributed by atoms with van der Waals surface area (Å²) in [7, 11) is 0. The number of benzene rings is 3. The van der Waals surface area contributed by atoms with Gasteiger partial charge in [-0.1, -0.05) is 78.9 Å². The van der Waals surface area contributed by atoms with Gasteiger partial charge in [-0.25, -0.2) is 15.0 Å². The summed E-state index contributed by atoms with van der Waals surface area (Å²) in [5, 5.41) is 2.85. The van der Waals surface area contributed by atoms with Gasteiger partial charge in [-0.2, -0.15) is 0 Å². The fraction of sp³-hybridized carbons (Fsp3) is 0.250. The molecule has 3 aromatic carbocycles. The first kappa shape index (κ1) is 26.4. The third-order valence-corrected chi connectivity index (χ3v) is 7.60. The fourth-order valence-corrected chi connectivity index (χ4v) is 5.54. The predicted molar refractivity (Wildman–Crippen MR) is 153 cm³/mol. The third kappa shape index (κ3) is 5.05. The van der Waals surface area contributed by atoms with Crippen molar-refractivity contribution in [2.45, 2.75) is 37.3 Å². The number of amides is 1. The van der Waals surface area contributed by atoms with Gasteiger partial charge in [-0.15, -0.1) is 0 Å². The van der Waals surface area contributed by atoms with Crippen LogP contribution in [0.3, 0.4) is 0 Å². The number of nitrogens with zero attached hydrogens (tertiary/aromatic N) is 4. The van der Waals surface area contributed by atoms with E-state index < -0.39 is 24.0 Å². The number of carbonyl (C=O) groups is 1. The Morgan fingerprint density at radius 2 is 1.60 bits per heavy atom. The zero-order chi connectivity index (χ0) is 28.4. The molecule has 2 bridgehead atoms. The van der Waals surface area contributed by atoms with E-state index in [1.165, 1.54) is 6.33 Å². The van der Waals surface area contributed by atoms with Crippen LogP contribution in [-0.2, 0) is 32.2 Å². The average Bonchev–Trinajstić information content (AvgIpc) is 3.71. The minimum Gasteiger partial charge on any atom is -0.374 e. The Labute approximate surface area is 242 Å². The molecule has 10 nitrogen and oxygen atoms in total. The Kier molecular flexibility index (Phi) is 7.18. The predicted octanol–water partition coefficient (Wildman–Crippen LogP) is 4.55. The lowest BCUT2D eigenvalue weighted by Crippen LogP contribution is -2.46. The van der Waals surface area contributed by atoms with Crippen molar-refractivity contribution in [2.24, 2.45) is 0 Å². The monoisotopic (exact) mass is 563 g/mol. The van der Waals surface area contributed by atoms with E-state index >= 15 is 0 Å². The van der Waals surface area contributed by atoms with Gasteiger partial charge in [0, 0.05) is 5.56 Å². The van der Waals surface area contributed by atoms with Crippen molar-refractivity contribution < 1.29 is 23.7 Å². The van der Waals surface area contributed by atoms with Crippen molar-refractivity contribution in [2.75, 3.05) is 18.5 Å². The van der Waals surface area contributed by atoms with Gasteiger partial charge in [-0.05, 0) is 23.3 Å². The smallest absolute Gasteiger partial charge is 0.256 e. The quantitative estimate of drug-likeness (QED) is 0.264. The SMILES string of the molecule is O=C(Nc1ncnc2c1ncn2C1OC2(COCc3ccccc3)COC1C2OCc1ccccc1)c1ccccc1. The first-order valence-electron chi connectivity index (χ1n) is 13.8. The molecule has 0 aliphatic carbocycles. The van der Waals surface area contributed by atoms with Crippen LogP contribution in [-0.4, -0.2) is 56.4 Å². The molecule has 5 aromatic rings. The van der Waals surface area contributed by atoms with E-state index in [-0.39, 0.29) is 12.5 Å². The molecule has 2 aromatic heterocycles. The fourth-order valence-electron chi connectivity index (χ4n) is 5.54. The maximum absolute atomic E-state index is 12.8. The Balaban J connectivity index is 1.15. The topological polar surface area (TPSA) is 110 Å². The lowest BCUT2D eigenvalue weighted by atomic mass is 10.00. The van der Waals surface area contributed by atoms with Crippen molar-refractivity contribution in [1.29, 1.82) is 0 Å². The zero-order valence-corrected chi connectivity index (χ0v) is 22.7. The summed E-state index contributed by atoms with van der Waals surface area (Å²) in [6.07, 6.45) is 1.65. The molecule has 1 N–H and O–H groups in total. The van der Waals surface area contributed by atoms with Gasteiger partial charge in [0.05, 0.1) is 32.8 Å². The molecule has 2 fully saturated rings. The van der Waals surface area contributed by atoms with Crippen LogP contribution in [0.2, 0.25) is 0 Å². The molecular weight excluding hydrogens is 534 g/mol. The molecule has 10 heteroatoms. The van der Waals surface area contributed by atoms with Crippen LogP contribution in [0.25, 0.3) is 11.2 Å². The van der Waals surface area contributed by atoms with Gasteiger partial charge in [-0.3, -0.25) is 9.36 Å². The van der Waals surface area contributed by atoms with E-state index in [4.69, 9.17) is 18.9 Å². The lowest BCUT2D eigenvalue weighted by Gasteiger charge is -2.31. The highest BCUT2D eigenvalue weighted by molar-refractivity contribution is 6.06. The Hall–Kier alpha value is -4.48. The third-order valence-electron chi connectivity index (χ3n) is 7.60. The number of aromatic nitrogens is 4. The molecule has 2 aliphatic rings. The number of nitrogens with one attached hydrogen (secondary N) is 1. The molecule has 42 heavy (non-hydrogen) atoms. The molecule has 0 spiro atoms. The Morgan fingerprint density at radius 3 is 2.33 bits per heavy atom. The number of imidazole rings is 1. The molecule has 7 rings (SSSR count). The zero-order valence-electron chi connectivity index (χ0n) is 22.7. The van der Waals surface area contributed by atoms with Crippen molar-refractivity contribution in [1.82, 2.24) is 19.5 Å². The highest BCUT2D eigenvalue weighted by atomic mass is 16.7. The van der Waals surface area contributed by atoms with E-state index in [1.807, 2.05) is 71.3 Å². The molecule has 2 aliphatic heterocycles. The number of rotatable bonds is 10. The van der Waals surface area contributed by atoms with Crippen LogP contribution in [0.5, 0.6) is 0 Å². The minimum atomic E-state index is -0.827. The first-order chi connectivity index (χ1) is 20.7. The van der Waals surface area contributed by atoms with Crippen molar-refractivity contribution in [3.8, 4) is 0 Å². The van der Waals surface area contributed by atoms with E-state index in [0.717, 1.165) is 11.1 Å². The largest absolute Gasteiger partial charge is 0.374 e. The second-order valence-electron chi connectivity index (χ2n) is 10.4. The number of ether oxygens (including phenoxy) is 4. The van der Waals surface area contributed by atoms with E-state index in [0.29, 0.717) is 42.4 Å². The second kappa shape index (κ2) is 11.4. The van der Waals surface area contributed by atoms with Crippen LogP contribution < -0.4 is 5.32 Å². The van der Waals surface area contributed by atoms with Crippen LogP contribution >= 0.6 is 0 Å². The maximum Gasteiger partial charge on any atom is 0.256 e. The summed E-state index contributed by atoms with van der Waals surface area (Å²) in [5.74, 6) is 0.0306. The average molecular weight is 564 g/mol. The van der Waals surface area contributed by atoms with Crippen molar-refractivity contribution in [3.05, 3.63) is 120 Å². The van der Waals surface area contributed by atoms with E-state index in [1.54, 1.807) is 30.6 Å². The van der Waals surface area contributed by atoms with Crippen LogP contribution in [0.1, 0.15) is 27.7 Å². The number of anilines is 1. The summed E-state index contributed by atoms with van der Waals surface area (Å²) < 4.78 is 27.5. The van der Waals surface area contributed by atoms with E-state index in [2.05, 4.69) is 20.3 Å². The van der Waals surface area contributed by atoms with E-state index in [9.17, 15) is 4.79 Å². The van der Waals surface area contributed by atoms with Gasteiger partial charge in [0.1, 0.15) is 24.1 Å². The molecule has 4 heterocycles. The van der Waals surface area contributed by atoms with Crippen LogP contribution in [0.15, 0.2) is 104 Å². The summed E-state index contributed by atoms with van der Waals surface area (Å²) in [6.45, 7) is 1.47. The van der Waals surface area contributed by atoms with Crippen LogP contribution in [0, 0.1) is 0 Å². The Bertz CT molecular complexity index is 1670. The normalized spacial score (nSPS) is 22.9. The molecule has 212 valence electrons.